The van der Waals surface area contributed by atoms with Gasteiger partial charge in [-0.05, 0) is 13.8 Å². The summed E-state index contributed by atoms with van der Waals surface area (Å²) in [6.45, 7) is 4.34. The predicted molar refractivity (Wildman–Crippen MR) is 80.8 cm³/mol. The summed E-state index contributed by atoms with van der Waals surface area (Å²) < 4.78 is 8.19. The summed E-state index contributed by atoms with van der Waals surface area (Å²) in [4.78, 5) is 16.1. The number of hydrogen-bond acceptors (Lipinski definition) is 6. The Morgan fingerprint density at radius 3 is 3.09 bits per heavy atom. The van der Waals surface area contributed by atoms with Crippen molar-refractivity contribution in [2.24, 2.45) is 0 Å². The number of nitrogens with one attached hydrogen (secondary N) is 2. The van der Waals surface area contributed by atoms with Crippen molar-refractivity contribution in [1.82, 2.24) is 24.2 Å². The van der Waals surface area contributed by atoms with Crippen LogP contribution in [0.25, 0.3) is 5.82 Å². The number of rotatable bonds is 4. The Morgan fingerprint density at radius 1 is 1.59 bits per heavy atom. The molecule has 0 amide bonds. The Bertz CT molecular complexity index is 735. The molecule has 0 bridgehead atoms. The Balaban J connectivity index is 1.90. The largest absolute Gasteiger partial charge is 0.461 e. The first-order chi connectivity index (χ1) is 10.6. The normalized spacial score (nSPS) is 13.6. The first kappa shape index (κ1) is 14.5. The number of anilines is 1. The molecule has 0 saturated heterocycles. The van der Waals surface area contributed by atoms with Crippen molar-refractivity contribution in [3.05, 3.63) is 35.7 Å². The lowest BCUT2D eigenvalue weighted by Gasteiger charge is -2.22. The molecule has 0 aromatic carbocycles. The lowest BCUT2D eigenvalue weighted by molar-refractivity contribution is 0.0520. The number of imidazole rings is 1. The molecular formula is C13H15ClN6O2. The molecule has 0 saturated carbocycles. The van der Waals surface area contributed by atoms with E-state index in [0.29, 0.717) is 30.6 Å². The average molecular weight is 323 g/mol. The fraction of sp³-hybridized carbons (Fsp3) is 0.308. The second-order valence-electron chi connectivity index (χ2n) is 4.77. The van der Waals surface area contributed by atoms with E-state index in [4.69, 9.17) is 16.5 Å². The van der Waals surface area contributed by atoms with E-state index in [1.54, 1.807) is 23.9 Å². The Morgan fingerprint density at radius 2 is 2.41 bits per heavy atom. The predicted octanol–water partition coefficient (Wildman–Crippen LogP) is 1.93. The van der Waals surface area contributed by atoms with Crippen LogP contribution in [-0.2, 0) is 11.3 Å². The van der Waals surface area contributed by atoms with E-state index < -0.39 is 5.97 Å². The third-order valence-electron chi connectivity index (χ3n) is 3.04. The van der Waals surface area contributed by atoms with Crippen LogP contribution in [0.5, 0.6) is 0 Å². The van der Waals surface area contributed by atoms with Gasteiger partial charge in [0.2, 0.25) is 0 Å². The van der Waals surface area contributed by atoms with E-state index in [9.17, 15) is 4.79 Å². The molecule has 0 radical (unpaired) electrons. The molecule has 0 fully saturated rings. The zero-order chi connectivity index (χ0) is 15.7. The Kier molecular flexibility index (Phi) is 3.76. The standard InChI is InChI=1S/C13H15ClN6O2/c1-3-22-13(21)9-5-20-11(15-9)6-19(14)7-12(20)16-10-4-8(2)17-18-10/h4-5,7H,3,6H2,1-2H3,(H2,16,17,18). The number of H-pyrrole nitrogens is 1. The highest BCUT2D eigenvalue weighted by Crippen LogP contribution is 2.23. The van der Waals surface area contributed by atoms with Crippen molar-refractivity contribution >= 4 is 29.4 Å². The summed E-state index contributed by atoms with van der Waals surface area (Å²) in [5.74, 6) is 1.47. The van der Waals surface area contributed by atoms with Crippen molar-refractivity contribution in [3.8, 4) is 0 Å². The number of carbonyl (C=O) groups is 1. The molecule has 9 heteroatoms. The minimum absolute atomic E-state index is 0.245. The molecule has 1 aliphatic rings. The minimum Gasteiger partial charge on any atom is -0.461 e. The second-order valence-corrected chi connectivity index (χ2v) is 5.20. The summed E-state index contributed by atoms with van der Waals surface area (Å²) in [7, 11) is 0. The van der Waals surface area contributed by atoms with Gasteiger partial charge in [-0.15, -0.1) is 0 Å². The first-order valence-electron chi connectivity index (χ1n) is 6.76. The van der Waals surface area contributed by atoms with Crippen molar-refractivity contribution in [3.63, 3.8) is 0 Å². The van der Waals surface area contributed by atoms with Crippen LogP contribution in [0.4, 0.5) is 5.82 Å². The molecule has 22 heavy (non-hydrogen) atoms. The van der Waals surface area contributed by atoms with Crippen molar-refractivity contribution in [2.75, 3.05) is 11.9 Å². The number of carbonyl (C=O) groups excluding carboxylic acids is 1. The highest BCUT2D eigenvalue weighted by atomic mass is 35.5. The maximum atomic E-state index is 11.8. The molecule has 3 heterocycles. The van der Waals surface area contributed by atoms with Crippen LogP contribution in [-0.4, -0.2) is 36.7 Å². The van der Waals surface area contributed by atoms with Gasteiger partial charge in [0.05, 0.1) is 19.4 Å². The molecular weight excluding hydrogens is 308 g/mol. The van der Waals surface area contributed by atoms with Crippen molar-refractivity contribution in [1.29, 1.82) is 0 Å². The Hall–Kier alpha value is -2.48. The second kappa shape index (κ2) is 5.72. The van der Waals surface area contributed by atoms with Crippen LogP contribution in [0.3, 0.4) is 0 Å². The maximum Gasteiger partial charge on any atom is 0.358 e. The van der Waals surface area contributed by atoms with Gasteiger partial charge in [0.1, 0.15) is 11.6 Å². The van der Waals surface area contributed by atoms with Gasteiger partial charge in [-0.3, -0.25) is 14.1 Å². The summed E-state index contributed by atoms with van der Waals surface area (Å²) >= 11 is 6.08. The fourth-order valence-electron chi connectivity index (χ4n) is 2.12. The third kappa shape index (κ3) is 2.77. The van der Waals surface area contributed by atoms with E-state index in [2.05, 4.69) is 20.5 Å². The zero-order valence-electron chi connectivity index (χ0n) is 12.1. The topological polar surface area (TPSA) is 88.1 Å². The number of aromatic nitrogens is 4. The summed E-state index contributed by atoms with van der Waals surface area (Å²) in [5.41, 5.74) is 1.18. The van der Waals surface area contributed by atoms with Gasteiger partial charge >= 0.3 is 5.97 Å². The van der Waals surface area contributed by atoms with Gasteiger partial charge in [-0.2, -0.15) is 5.10 Å². The van der Waals surface area contributed by atoms with Gasteiger partial charge in [0.15, 0.2) is 11.5 Å². The highest BCUT2D eigenvalue weighted by Gasteiger charge is 2.22. The van der Waals surface area contributed by atoms with Crippen LogP contribution >= 0.6 is 11.8 Å². The van der Waals surface area contributed by atoms with Crippen LogP contribution in [0, 0.1) is 6.92 Å². The van der Waals surface area contributed by atoms with E-state index in [1.807, 2.05) is 13.0 Å². The van der Waals surface area contributed by atoms with Crippen molar-refractivity contribution in [2.45, 2.75) is 20.4 Å². The van der Waals surface area contributed by atoms with Gasteiger partial charge < -0.3 is 10.1 Å². The highest BCUT2D eigenvalue weighted by molar-refractivity contribution is 6.14. The fourth-order valence-corrected chi connectivity index (χ4v) is 2.32. The molecule has 0 spiro atoms. The number of aromatic amines is 1. The van der Waals surface area contributed by atoms with Gasteiger partial charge in [-0.25, -0.2) is 9.78 Å². The van der Waals surface area contributed by atoms with Gasteiger partial charge in [-0.1, -0.05) is 0 Å². The van der Waals surface area contributed by atoms with E-state index in [-0.39, 0.29) is 5.69 Å². The first-order valence-corrected chi connectivity index (χ1v) is 7.09. The molecule has 116 valence electrons. The van der Waals surface area contributed by atoms with Crippen LogP contribution in [0.15, 0.2) is 18.5 Å². The number of esters is 1. The van der Waals surface area contributed by atoms with Gasteiger partial charge in [0.25, 0.3) is 0 Å². The lowest BCUT2D eigenvalue weighted by Crippen LogP contribution is -2.21. The van der Waals surface area contributed by atoms with E-state index in [1.165, 1.54) is 4.42 Å². The number of hydrogen-bond donors (Lipinski definition) is 2. The summed E-state index contributed by atoms with van der Waals surface area (Å²) in [6.07, 6.45) is 3.32. The summed E-state index contributed by atoms with van der Waals surface area (Å²) in [5, 5.41) is 10.1. The number of ether oxygens (including phenoxy) is 1. The molecule has 2 N–H and O–H groups in total. The number of fused-ring (bicyclic) bond motifs is 1. The molecule has 2 aromatic heterocycles. The minimum atomic E-state index is -0.458. The summed E-state index contributed by atoms with van der Waals surface area (Å²) in [6, 6.07) is 1.86. The Labute approximate surface area is 131 Å². The molecule has 0 atom stereocenters. The zero-order valence-corrected chi connectivity index (χ0v) is 12.9. The van der Waals surface area contributed by atoms with Crippen molar-refractivity contribution < 1.29 is 9.53 Å². The van der Waals surface area contributed by atoms with Gasteiger partial charge in [0, 0.05) is 29.7 Å². The number of nitrogens with zero attached hydrogens (tertiary/aromatic N) is 4. The number of aryl methyl sites for hydroxylation is 1. The molecule has 8 nitrogen and oxygen atoms in total. The van der Waals surface area contributed by atoms with Crippen LogP contribution in [0.1, 0.15) is 28.9 Å². The molecule has 3 rings (SSSR count). The average Bonchev–Trinajstić information content (AvgIpc) is 3.05. The van der Waals surface area contributed by atoms with E-state index in [0.717, 1.165) is 5.69 Å². The lowest BCUT2D eigenvalue weighted by atomic mass is 10.4. The van der Waals surface area contributed by atoms with Crippen LogP contribution in [0.2, 0.25) is 0 Å². The van der Waals surface area contributed by atoms with E-state index >= 15 is 0 Å². The quantitative estimate of drug-likeness (QED) is 0.660. The molecule has 0 aliphatic carbocycles. The monoisotopic (exact) mass is 322 g/mol. The maximum absolute atomic E-state index is 11.8. The smallest absolute Gasteiger partial charge is 0.358 e. The number of halogens is 1. The van der Waals surface area contributed by atoms with Crippen LogP contribution < -0.4 is 5.32 Å². The SMILES string of the molecule is CCOC(=O)c1cn2c(n1)CN(Cl)C=C2Nc1cc(C)[nH]n1. The molecule has 1 aliphatic heterocycles. The molecule has 0 unspecified atom stereocenters. The molecule has 2 aromatic rings. The third-order valence-corrected chi connectivity index (χ3v) is 3.26.